The molecule has 1 aliphatic rings. The molecule has 0 N–H and O–H groups in total. The predicted molar refractivity (Wildman–Crippen MR) is 76.1 cm³/mol. The zero-order valence-electron chi connectivity index (χ0n) is 11.6. The monoisotopic (exact) mass is 250 g/mol. The Balaban J connectivity index is 2.64. The van der Waals surface area contributed by atoms with Gasteiger partial charge in [-0.25, -0.2) is 0 Å². The number of halogens is 1. The molecule has 0 spiro atoms. The first-order valence-electron chi connectivity index (χ1n) is 6.46. The van der Waals surface area contributed by atoms with Crippen LogP contribution < -0.4 is 0 Å². The van der Waals surface area contributed by atoms with Gasteiger partial charge in [0, 0.05) is 5.88 Å². The normalized spacial score (nSPS) is 25.4. The Morgan fingerprint density at radius 1 is 1.18 bits per heavy atom. The quantitative estimate of drug-likeness (QED) is 0.628. The van der Waals surface area contributed by atoms with Crippen molar-refractivity contribution in [3.8, 4) is 0 Å². The molecule has 1 aliphatic carbocycles. The Morgan fingerprint density at radius 2 is 1.82 bits per heavy atom. The van der Waals surface area contributed by atoms with Gasteiger partial charge in [-0.2, -0.15) is 0 Å². The maximum Gasteiger partial charge on any atom is 0.0260 e. The Bertz CT molecular complexity index is 429. The molecule has 0 amide bonds. The number of benzene rings is 1. The van der Waals surface area contributed by atoms with Crippen molar-refractivity contribution in [2.45, 2.75) is 51.9 Å². The van der Waals surface area contributed by atoms with Crippen LogP contribution >= 0.6 is 11.6 Å². The van der Waals surface area contributed by atoms with Crippen LogP contribution in [0.15, 0.2) is 18.2 Å². The Morgan fingerprint density at radius 3 is 2.41 bits per heavy atom. The van der Waals surface area contributed by atoms with Gasteiger partial charge in [0.05, 0.1) is 0 Å². The lowest BCUT2D eigenvalue weighted by Crippen LogP contribution is -2.42. The molecule has 0 aliphatic heterocycles. The van der Waals surface area contributed by atoms with Gasteiger partial charge in [0.15, 0.2) is 0 Å². The third-order valence-electron chi connectivity index (χ3n) is 4.56. The van der Waals surface area contributed by atoms with Crippen molar-refractivity contribution in [2.75, 3.05) is 5.88 Å². The second-order valence-corrected chi connectivity index (χ2v) is 7.02. The first kappa shape index (κ1) is 13.0. The van der Waals surface area contributed by atoms with E-state index in [1.807, 2.05) is 0 Å². The third kappa shape index (κ3) is 2.01. The van der Waals surface area contributed by atoms with E-state index in [1.165, 1.54) is 23.1 Å². The minimum absolute atomic E-state index is 0.195. The lowest BCUT2D eigenvalue weighted by molar-refractivity contribution is 0.236. The third-order valence-corrected chi connectivity index (χ3v) is 4.93. The zero-order chi connectivity index (χ0) is 12.8. The average Bonchev–Trinajstić information content (AvgIpc) is 2.24. The van der Waals surface area contributed by atoms with Crippen molar-refractivity contribution in [1.82, 2.24) is 0 Å². The van der Waals surface area contributed by atoms with Crippen LogP contribution in [0.2, 0.25) is 0 Å². The van der Waals surface area contributed by atoms with Gasteiger partial charge in [0.25, 0.3) is 0 Å². The summed E-state index contributed by atoms with van der Waals surface area (Å²) in [6, 6.07) is 6.90. The zero-order valence-corrected chi connectivity index (χ0v) is 12.4. The Kier molecular flexibility index (Phi) is 3.06. The summed E-state index contributed by atoms with van der Waals surface area (Å²) < 4.78 is 0. The highest BCUT2D eigenvalue weighted by Crippen LogP contribution is 2.49. The second kappa shape index (κ2) is 4.02. The van der Waals surface area contributed by atoms with E-state index in [1.54, 1.807) is 0 Å². The van der Waals surface area contributed by atoms with Crippen molar-refractivity contribution in [2.24, 2.45) is 5.92 Å². The fraction of sp³-hybridized carbons (Fsp3) is 0.625. The molecule has 0 nitrogen and oxygen atoms in total. The lowest BCUT2D eigenvalue weighted by atomic mass is 9.58. The van der Waals surface area contributed by atoms with Crippen LogP contribution in [0.4, 0.5) is 0 Å². The van der Waals surface area contributed by atoms with Crippen molar-refractivity contribution >= 4 is 11.6 Å². The SMILES string of the molecule is Cc1ccc2c(c1)C(C)(C)CC(CCl)C2(C)C. The number of alkyl halides is 1. The van der Waals surface area contributed by atoms with Crippen molar-refractivity contribution in [1.29, 1.82) is 0 Å². The second-order valence-electron chi connectivity index (χ2n) is 6.71. The number of hydrogen-bond acceptors (Lipinski definition) is 0. The summed E-state index contributed by atoms with van der Waals surface area (Å²) in [5, 5.41) is 0. The van der Waals surface area contributed by atoms with E-state index in [0.717, 1.165) is 5.88 Å². The molecule has 17 heavy (non-hydrogen) atoms. The largest absolute Gasteiger partial charge is 0.126 e. The summed E-state index contributed by atoms with van der Waals surface area (Å²) in [4.78, 5) is 0. The Labute approximate surface area is 110 Å². The number of aryl methyl sites for hydroxylation is 1. The van der Waals surface area contributed by atoms with Crippen LogP contribution in [-0.2, 0) is 10.8 Å². The minimum atomic E-state index is 0.195. The topological polar surface area (TPSA) is 0 Å². The molecular formula is C16H23Cl. The highest BCUT2D eigenvalue weighted by Gasteiger charge is 2.43. The van der Waals surface area contributed by atoms with E-state index >= 15 is 0 Å². The van der Waals surface area contributed by atoms with Crippen molar-refractivity contribution in [3.63, 3.8) is 0 Å². The van der Waals surface area contributed by atoms with E-state index < -0.39 is 0 Å². The molecule has 1 aromatic carbocycles. The van der Waals surface area contributed by atoms with E-state index in [2.05, 4.69) is 52.8 Å². The fourth-order valence-electron chi connectivity index (χ4n) is 3.23. The Hall–Kier alpha value is -0.490. The number of rotatable bonds is 1. The standard InChI is InChI=1S/C16H23Cl/c1-11-6-7-13-14(8-11)15(2,3)9-12(10-17)16(13,4)5/h6-8,12H,9-10H2,1-5H3. The van der Waals surface area contributed by atoms with Crippen molar-refractivity contribution in [3.05, 3.63) is 34.9 Å². The van der Waals surface area contributed by atoms with Gasteiger partial charge in [0.1, 0.15) is 0 Å². The van der Waals surface area contributed by atoms with E-state index in [0.29, 0.717) is 5.92 Å². The van der Waals surface area contributed by atoms with E-state index in [-0.39, 0.29) is 10.8 Å². The molecule has 0 bridgehead atoms. The van der Waals surface area contributed by atoms with Crippen LogP contribution in [0.1, 0.15) is 50.8 Å². The number of hydrogen-bond donors (Lipinski definition) is 0. The molecule has 2 rings (SSSR count). The predicted octanol–water partition coefficient (Wildman–Crippen LogP) is 4.81. The van der Waals surface area contributed by atoms with Gasteiger partial charge in [-0.05, 0) is 41.2 Å². The van der Waals surface area contributed by atoms with Gasteiger partial charge in [-0.3, -0.25) is 0 Å². The first-order valence-corrected chi connectivity index (χ1v) is 7.00. The summed E-state index contributed by atoms with van der Waals surface area (Å²) in [6.45, 7) is 11.5. The fourth-order valence-corrected chi connectivity index (χ4v) is 3.72. The highest BCUT2D eigenvalue weighted by molar-refractivity contribution is 6.18. The molecule has 1 atom stereocenters. The van der Waals surface area contributed by atoms with Crippen LogP contribution in [-0.4, -0.2) is 5.88 Å². The average molecular weight is 251 g/mol. The summed E-state index contributed by atoms with van der Waals surface area (Å²) in [5.41, 5.74) is 4.81. The summed E-state index contributed by atoms with van der Waals surface area (Å²) in [7, 11) is 0. The molecule has 0 aromatic heterocycles. The van der Waals surface area contributed by atoms with Crippen LogP contribution in [0.25, 0.3) is 0 Å². The molecule has 0 radical (unpaired) electrons. The molecule has 1 aromatic rings. The number of fused-ring (bicyclic) bond motifs is 1. The maximum absolute atomic E-state index is 6.19. The smallest absolute Gasteiger partial charge is 0.0260 e. The lowest BCUT2D eigenvalue weighted by Gasteiger charge is -2.47. The van der Waals surface area contributed by atoms with Gasteiger partial charge < -0.3 is 0 Å². The molecule has 0 fully saturated rings. The molecule has 94 valence electrons. The van der Waals surface area contributed by atoms with E-state index in [9.17, 15) is 0 Å². The van der Waals surface area contributed by atoms with Crippen molar-refractivity contribution < 1.29 is 0 Å². The molecule has 1 heteroatoms. The minimum Gasteiger partial charge on any atom is -0.126 e. The molecule has 0 saturated carbocycles. The molecule has 0 heterocycles. The first-order chi connectivity index (χ1) is 7.79. The summed E-state index contributed by atoms with van der Waals surface area (Å²) in [5.74, 6) is 1.32. The summed E-state index contributed by atoms with van der Waals surface area (Å²) in [6.07, 6.45) is 1.18. The van der Waals surface area contributed by atoms with Gasteiger partial charge in [-0.15, -0.1) is 11.6 Å². The molecule has 0 saturated heterocycles. The molecular weight excluding hydrogens is 228 g/mol. The van der Waals surface area contributed by atoms with Crippen LogP contribution in [0, 0.1) is 12.8 Å². The summed E-state index contributed by atoms with van der Waals surface area (Å²) >= 11 is 6.19. The van der Waals surface area contributed by atoms with E-state index in [4.69, 9.17) is 11.6 Å². The van der Waals surface area contributed by atoms with Crippen LogP contribution in [0.5, 0.6) is 0 Å². The highest BCUT2D eigenvalue weighted by atomic mass is 35.5. The van der Waals surface area contributed by atoms with Crippen LogP contribution in [0.3, 0.4) is 0 Å². The van der Waals surface area contributed by atoms with Gasteiger partial charge in [-0.1, -0.05) is 51.5 Å². The van der Waals surface area contributed by atoms with Gasteiger partial charge >= 0.3 is 0 Å². The molecule has 1 unspecified atom stereocenters. The maximum atomic E-state index is 6.19. The van der Waals surface area contributed by atoms with Gasteiger partial charge in [0.2, 0.25) is 0 Å².